The highest BCUT2D eigenvalue weighted by Crippen LogP contribution is 2.14. The Kier molecular flexibility index (Phi) is 7.06. The fraction of sp³-hybridized carbons (Fsp3) is 0.208. The average Bonchev–Trinajstić information content (AvgIpc) is 3.29. The van der Waals surface area contributed by atoms with Crippen LogP contribution in [-0.4, -0.2) is 59.3 Å². The molecule has 3 aromatic rings. The molecule has 32 heavy (non-hydrogen) atoms. The van der Waals surface area contributed by atoms with Gasteiger partial charge in [-0.15, -0.1) is 0 Å². The van der Waals surface area contributed by atoms with E-state index in [4.69, 9.17) is 4.74 Å². The summed E-state index contributed by atoms with van der Waals surface area (Å²) in [5.41, 5.74) is 3.10. The van der Waals surface area contributed by atoms with Crippen LogP contribution in [0.2, 0.25) is 0 Å². The first-order valence-electron chi connectivity index (χ1n) is 10.4. The maximum atomic E-state index is 12.2. The van der Waals surface area contributed by atoms with Crippen LogP contribution in [0.5, 0.6) is 0 Å². The molecule has 2 aromatic carbocycles. The van der Waals surface area contributed by atoms with E-state index < -0.39 is 0 Å². The number of para-hydroxylation sites is 1. The molecule has 8 nitrogen and oxygen atoms in total. The van der Waals surface area contributed by atoms with Crippen LogP contribution in [0.1, 0.15) is 5.56 Å². The first-order valence-corrected chi connectivity index (χ1v) is 10.4. The monoisotopic (exact) mass is 431 g/mol. The quantitative estimate of drug-likeness (QED) is 0.562. The van der Waals surface area contributed by atoms with E-state index in [1.165, 1.54) is 6.08 Å². The number of hydrogen-bond acceptors (Lipinski definition) is 5. The zero-order chi connectivity index (χ0) is 22.2. The Morgan fingerprint density at radius 1 is 0.969 bits per heavy atom. The van der Waals surface area contributed by atoms with Gasteiger partial charge in [-0.05, 0) is 42.5 Å². The van der Waals surface area contributed by atoms with Crippen LogP contribution in [0, 0.1) is 0 Å². The van der Waals surface area contributed by atoms with E-state index in [1.807, 2.05) is 36.5 Å². The van der Waals surface area contributed by atoms with E-state index in [0.717, 1.165) is 24.3 Å². The van der Waals surface area contributed by atoms with E-state index in [-0.39, 0.29) is 11.8 Å². The minimum atomic E-state index is -0.249. The van der Waals surface area contributed by atoms with Gasteiger partial charge >= 0.3 is 0 Å². The van der Waals surface area contributed by atoms with Crippen LogP contribution >= 0.6 is 0 Å². The molecule has 1 fully saturated rings. The molecule has 1 aliphatic heterocycles. The Morgan fingerprint density at radius 2 is 1.66 bits per heavy atom. The number of hydrogen-bond donors (Lipinski definition) is 2. The van der Waals surface area contributed by atoms with Gasteiger partial charge in [-0.2, -0.15) is 5.10 Å². The van der Waals surface area contributed by atoms with Crippen LogP contribution in [0.4, 0.5) is 11.4 Å². The molecule has 0 spiro atoms. The molecular formula is C24H25N5O3. The lowest BCUT2D eigenvalue weighted by Crippen LogP contribution is -2.41. The average molecular weight is 431 g/mol. The summed E-state index contributed by atoms with van der Waals surface area (Å²) >= 11 is 0. The van der Waals surface area contributed by atoms with Crippen LogP contribution in [-0.2, 0) is 14.3 Å². The number of rotatable bonds is 7. The van der Waals surface area contributed by atoms with E-state index in [0.29, 0.717) is 31.1 Å². The summed E-state index contributed by atoms with van der Waals surface area (Å²) in [4.78, 5) is 26.5. The number of amides is 2. The summed E-state index contributed by atoms with van der Waals surface area (Å²) in [6, 6.07) is 16.8. The molecule has 2 heterocycles. The molecule has 1 saturated heterocycles. The number of ether oxygens (including phenoxy) is 1. The van der Waals surface area contributed by atoms with Gasteiger partial charge in [0, 0.05) is 42.3 Å². The van der Waals surface area contributed by atoms with Crippen LogP contribution in [0.25, 0.3) is 11.8 Å². The number of carbonyl (C=O) groups excluding carboxylic acids is 2. The summed E-state index contributed by atoms with van der Waals surface area (Å²) in [7, 11) is 0. The molecule has 0 radical (unpaired) electrons. The fourth-order valence-electron chi connectivity index (χ4n) is 3.30. The molecule has 0 unspecified atom stereocenters. The zero-order valence-electron chi connectivity index (χ0n) is 17.6. The topological polar surface area (TPSA) is 88.5 Å². The number of aromatic nitrogens is 2. The third-order valence-electron chi connectivity index (χ3n) is 4.96. The number of nitrogens with one attached hydrogen (secondary N) is 2. The minimum Gasteiger partial charge on any atom is -0.379 e. The number of carbonyl (C=O) groups is 2. The molecule has 8 heteroatoms. The summed E-state index contributed by atoms with van der Waals surface area (Å²) in [5.74, 6) is -0.316. The lowest BCUT2D eigenvalue weighted by Gasteiger charge is -2.25. The number of benzene rings is 2. The van der Waals surface area contributed by atoms with Crippen molar-refractivity contribution in [3.8, 4) is 5.69 Å². The van der Waals surface area contributed by atoms with Crippen molar-refractivity contribution in [2.45, 2.75) is 0 Å². The molecular weight excluding hydrogens is 406 g/mol. The fourth-order valence-corrected chi connectivity index (χ4v) is 3.30. The van der Waals surface area contributed by atoms with Crippen molar-refractivity contribution >= 4 is 29.3 Å². The summed E-state index contributed by atoms with van der Waals surface area (Å²) in [6.45, 7) is 3.18. The Balaban J connectivity index is 1.26. The molecule has 1 aliphatic rings. The van der Waals surface area contributed by atoms with Crippen molar-refractivity contribution in [3.63, 3.8) is 0 Å². The van der Waals surface area contributed by atoms with Crippen molar-refractivity contribution in [3.05, 3.63) is 78.6 Å². The maximum absolute atomic E-state index is 12.2. The Labute approximate surface area is 186 Å². The van der Waals surface area contributed by atoms with Crippen molar-refractivity contribution in [2.75, 3.05) is 43.5 Å². The highest BCUT2D eigenvalue weighted by molar-refractivity contribution is 6.02. The summed E-state index contributed by atoms with van der Waals surface area (Å²) in [5, 5.41) is 9.99. The molecule has 0 aliphatic carbocycles. The zero-order valence-corrected chi connectivity index (χ0v) is 17.6. The van der Waals surface area contributed by atoms with Crippen LogP contribution in [0.15, 0.2) is 73.1 Å². The smallest absolute Gasteiger partial charge is 0.248 e. The Morgan fingerprint density at radius 3 is 2.38 bits per heavy atom. The second-order valence-electron chi connectivity index (χ2n) is 7.39. The molecule has 4 rings (SSSR count). The van der Waals surface area contributed by atoms with E-state index in [9.17, 15) is 9.59 Å². The molecule has 2 N–H and O–H groups in total. The van der Waals surface area contributed by atoms with E-state index in [1.54, 1.807) is 41.2 Å². The van der Waals surface area contributed by atoms with Gasteiger partial charge in [0.25, 0.3) is 0 Å². The highest BCUT2D eigenvalue weighted by Gasteiger charge is 2.14. The van der Waals surface area contributed by atoms with Gasteiger partial charge in [0.15, 0.2) is 0 Å². The summed E-state index contributed by atoms with van der Waals surface area (Å²) < 4.78 is 7.04. The van der Waals surface area contributed by atoms with Gasteiger partial charge in [-0.3, -0.25) is 14.5 Å². The van der Waals surface area contributed by atoms with Crippen molar-refractivity contribution < 1.29 is 14.3 Å². The van der Waals surface area contributed by atoms with Crippen LogP contribution in [0.3, 0.4) is 0 Å². The largest absolute Gasteiger partial charge is 0.379 e. The maximum Gasteiger partial charge on any atom is 0.248 e. The van der Waals surface area contributed by atoms with Gasteiger partial charge in [-0.1, -0.05) is 18.2 Å². The predicted octanol–water partition coefficient (Wildman–Crippen LogP) is 2.79. The molecule has 164 valence electrons. The molecule has 0 bridgehead atoms. The number of morpholine rings is 1. The van der Waals surface area contributed by atoms with Crippen molar-refractivity contribution in [1.82, 2.24) is 14.7 Å². The number of anilines is 2. The van der Waals surface area contributed by atoms with Crippen molar-refractivity contribution in [2.24, 2.45) is 0 Å². The molecule has 0 saturated carbocycles. The van der Waals surface area contributed by atoms with Gasteiger partial charge in [-0.25, -0.2) is 4.68 Å². The van der Waals surface area contributed by atoms with E-state index >= 15 is 0 Å². The normalized spacial score (nSPS) is 14.4. The Hall–Kier alpha value is -3.75. The van der Waals surface area contributed by atoms with Crippen molar-refractivity contribution in [1.29, 1.82) is 0 Å². The highest BCUT2D eigenvalue weighted by atomic mass is 16.5. The lowest BCUT2D eigenvalue weighted by molar-refractivity contribution is -0.118. The predicted molar refractivity (Wildman–Crippen MR) is 124 cm³/mol. The molecule has 1 aromatic heterocycles. The second-order valence-corrected chi connectivity index (χ2v) is 7.39. The SMILES string of the molecule is O=C(/C=C/c1cnn(-c2ccccc2)c1)Nc1ccc(NC(=O)CN2CCOCC2)cc1. The van der Waals surface area contributed by atoms with E-state index in [2.05, 4.69) is 20.6 Å². The third-order valence-corrected chi connectivity index (χ3v) is 4.96. The minimum absolute atomic E-state index is 0.0670. The first kappa shape index (κ1) is 21.5. The van der Waals surface area contributed by atoms with Crippen LogP contribution < -0.4 is 10.6 Å². The standard InChI is InChI=1S/C24H25N5O3/c30-23(11-6-19-16-25-29(17-19)22-4-2-1-3-5-22)26-20-7-9-21(10-8-20)27-24(31)18-28-12-14-32-15-13-28/h1-11,16-17H,12-15,18H2,(H,26,30)(H,27,31)/b11-6+. The van der Waals surface area contributed by atoms with Gasteiger partial charge in [0.1, 0.15) is 0 Å². The van der Waals surface area contributed by atoms with Gasteiger partial charge in [0.2, 0.25) is 11.8 Å². The lowest BCUT2D eigenvalue weighted by atomic mass is 10.2. The third kappa shape index (κ3) is 6.13. The summed E-state index contributed by atoms with van der Waals surface area (Å²) in [6.07, 6.45) is 6.73. The second kappa shape index (κ2) is 10.5. The van der Waals surface area contributed by atoms with Gasteiger partial charge in [0.05, 0.1) is 31.6 Å². The number of nitrogens with zero attached hydrogens (tertiary/aromatic N) is 3. The first-order chi connectivity index (χ1) is 15.7. The van der Waals surface area contributed by atoms with Gasteiger partial charge < -0.3 is 15.4 Å². The Bertz CT molecular complexity index is 1070. The molecule has 0 atom stereocenters. The molecule has 2 amide bonds.